The van der Waals surface area contributed by atoms with E-state index in [1.54, 1.807) is 0 Å². The normalized spacial score (nSPS) is 25.2. The molecule has 1 heterocycles. The Kier molecular flexibility index (Phi) is 8.09. The van der Waals surface area contributed by atoms with Crippen LogP contribution in [-0.4, -0.2) is 31.1 Å². The summed E-state index contributed by atoms with van der Waals surface area (Å²) in [6.07, 6.45) is 1.19. The van der Waals surface area contributed by atoms with E-state index < -0.39 is 0 Å². The number of nitrogens with two attached hydrogens (primary N) is 1. The van der Waals surface area contributed by atoms with Crippen LogP contribution in [-0.2, 0) is 0 Å². The Morgan fingerprint density at radius 1 is 1.50 bits per heavy atom. The smallest absolute Gasteiger partial charge is 0.0349 e. The second-order valence-electron chi connectivity index (χ2n) is 2.41. The zero-order valence-electron chi connectivity index (χ0n) is 6.04. The van der Waals surface area contributed by atoms with Crippen LogP contribution in [0.1, 0.15) is 6.42 Å². The summed E-state index contributed by atoms with van der Waals surface area (Å²) in [5.41, 5.74) is 2.75. The Hall–Kier alpha value is 0.460. The lowest BCUT2D eigenvalue weighted by molar-refractivity contribution is 0.400. The van der Waals surface area contributed by atoms with Crippen molar-refractivity contribution in [2.75, 3.05) is 20.1 Å². The van der Waals surface area contributed by atoms with Gasteiger partial charge in [-0.25, -0.2) is 0 Å². The van der Waals surface area contributed by atoms with Crippen LogP contribution < -0.4 is 11.3 Å². The second-order valence-corrected chi connectivity index (χ2v) is 2.41. The number of rotatable bonds is 1. The van der Waals surface area contributed by atoms with E-state index in [-0.39, 0.29) is 24.8 Å². The van der Waals surface area contributed by atoms with Gasteiger partial charge in [0.2, 0.25) is 0 Å². The van der Waals surface area contributed by atoms with Gasteiger partial charge >= 0.3 is 0 Å². The zero-order valence-corrected chi connectivity index (χ0v) is 7.67. The summed E-state index contributed by atoms with van der Waals surface area (Å²) >= 11 is 0. The fraction of sp³-hybridized carbons (Fsp3) is 1.00. The molecule has 0 aromatic rings. The summed E-state index contributed by atoms with van der Waals surface area (Å²) in [6.45, 7) is 2.27. The molecule has 0 amide bonds. The van der Waals surface area contributed by atoms with E-state index in [2.05, 4.69) is 17.4 Å². The average molecular weight is 188 g/mol. The van der Waals surface area contributed by atoms with Crippen LogP contribution in [0.25, 0.3) is 0 Å². The molecule has 0 radical (unpaired) electrons. The summed E-state index contributed by atoms with van der Waals surface area (Å²) in [5.74, 6) is 5.22. The minimum Gasteiger partial charge on any atom is -0.305 e. The highest BCUT2D eigenvalue weighted by Crippen LogP contribution is 2.03. The standard InChI is InChI=1S/C5H13N3.2ClH/c1-8-3-2-5(4-8)7-6;;/h5,7H,2-4,6H2,1H3;2*1H/t5-;;/m0../s1. The van der Waals surface area contributed by atoms with Gasteiger partial charge in [0.1, 0.15) is 0 Å². The van der Waals surface area contributed by atoms with E-state index in [9.17, 15) is 0 Å². The number of likely N-dealkylation sites (N-methyl/N-ethyl adjacent to an activating group) is 1. The van der Waals surface area contributed by atoms with Crippen LogP contribution >= 0.6 is 24.8 Å². The molecule has 1 aliphatic heterocycles. The lowest BCUT2D eigenvalue weighted by Crippen LogP contribution is -2.36. The van der Waals surface area contributed by atoms with Gasteiger partial charge < -0.3 is 4.90 Å². The first-order chi connectivity index (χ1) is 3.83. The van der Waals surface area contributed by atoms with Gasteiger partial charge in [0.15, 0.2) is 0 Å². The zero-order chi connectivity index (χ0) is 5.98. The Labute approximate surface area is 74.1 Å². The Morgan fingerprint density at radius 3 is 2.30 bits per heavy atom. The molecule has 3 nitrogen and oxygen atoms in total. The van der Waals surface area contributed by atoms with Gasteiger partial charge in [0.25, 0.3) is 0 Å². The molecule has 3 N–H and O–H groups in total. The number of hydrazine groups is 1. The molecule has 0 unspecified atom stereocenters. The largest absolute Gasteiger partial charge is 0.305 e. The van der Waals surface area contributed by atoms with Crippen LogP contribution in [0.15, 0.2) is 0 Å². The molecular formula is C5H15Cl2N3. The third-order valence-corrected chi connectivity index (χ3v) is 1.63. The van der Waals surface area contributed by atoms with Gasteiger partial charge in [0, 0.05) is 12.6 Å². The lowest BCUT2D eigenvalue weighted by atomic mass is 10.3. The molecule has 1 atom stereocenters. The molecular weight excluding hydrogens is 173 g/mol. The van der Waals surface area contributed by atoms with Gasteiger partial charge in [-0.2, -0.15) is 0 Å². The summed E-state index contributed by atoms with van der Waals surface area (Å²) in [6, 6.07) is 0.528. The predicted molar refractivity (Wildman–Crippen MR) is 47.7 cm³/mol. The molecule has 0 bridgehead atoms. The summed E-state index contributed by atoms with van der Waals surface area (Å²) in [5, 5.41) is 0. The maximum Gasteiger partial charge on any atom is 0.0349 e. The van der Waals surface area contributed by atoms with Crippen molar-refractivity contribution in [2.45, 2.75) is 12.5 Å². The quantitative estimate of drug-likeness (QED) is 0.449. The first-order valence-corrected chi connectivity index (χ1v) is 2.97. The van der Waals surface area contributed by atoms with Crippen LogP contribution in [0, 0.1) is 0 Å². The first kappa shape index (κ1) is 13.1. The number of nitrogens with one attached hydrogen (secondary N) is 1. The fourth-order valence-corrected chi connectivity index (χ4v) is 1.07. The molecule has 64 valence electrons. The number of nitrogens with zero attached hydrogens (tertiary/aromatic N) is 1. The van der Waals surface area contributed by atoms with E-state index in [1.807, 2.05) is 0 Å². The van der Waals surface area contributed by atoms with Crippen molar-refractivity contribution >= 4 is 24.8 Å². The van der Waals surface area contributed by atoms with Crippen molar-refractivity contribution in [3.8, 4) is 0 Å². The molecule has 1 aliphatic rings. The third kappa shape index (κ3) is 3.58. The van der Waals surface area contributed by atoms with E-state index in [1.165, 1.54) is 13.0 Å². The number of likely N-dealkylation sites (tertiary alicyclic amines) is 1. The highest BCUT2D eigenvalue weighted by molar-refractivity contribution is 5.85. The van der Waals surface area contributed by atoms with E-state index >= 15 is 0 Å². The van der Waals surface area contributed by atoms with Crippen molar-refractivity contribution in [2.24, 2.45) is 5.84 Å². The van der Waals surface area contributed by atoms with Crippen molar-refractivity contribution < 1.29 is 0 Å². The first-order valence-electron chi connectivity index (χ1n) is 2.97. The Balaban J connectivity index is 0. The van der Waals surface area contributed by atoms with E-state index in [4.69, 9.17) is 5.84 Å². The van der Waals surface area contributed by atoms with Gasteiger partial charge in [0.05, 0.1) is 0 Å². The van der Waals surface area contributed by atoms with Crippen molar-refractivity contribution in [3.63, 3.8) is 0 Å². The second kappa shape index (κ2) is 6.19. The molecule has 0 saturated carbocycles. The Morgan fingerprint density at radius 2 is 2.10 bits per heavy atom. The summed E-state index contributed by atoms with van der Waals surface area (Å²) in [4.78, 5) is 2.27. The summed E-state index contributed by atoms with van der Waals surface area (Å²) in [7, 11) is 2.11. The van der Waals surface area contributed by atoms with E-state index in [0.717, 1.165) is 6.54 Å². The SMILES string of the molecule is CN1CC[C@H](NN)C1.Cl.Cl. The molecule has 1 saturated heterocycles. The minimum atomic E-state index is 0. The average Bonchev–Trinajstić information content (AvgIpc) is 2.14. The van der Waals surface area contributed by atoms with Gasteiger partial charge in [-0.15, -0.1) is 24.8 Å². The van der Waals surface area contributed by atoms with Gasteiger partial charge in [-0.05, 0) is 20.0 Å². The van der Waals surface area contributed by atoms with Crippen LogP contribution in [0.4, 0.5) is 0 Å². The topological polar surface area (TPSA) is 41.3 Å². The van der Waals surface area contributed by atoms with Crippen molar-refractivity contribution in [1.82, 2.24) is 10.3 Å². The number of hydrogen-bond donors (Lipinski definition) is 2. The maximum absolute atomic E-state index is 5.22. The highest BCUT2D eigenvalue weighted by Gasteiger charge is 2.16. The molecule has 1 fully saturated rings. The minimum absolute atomic E-state index is 0. The van der Waals surface area contributed by atoms with Crippen molar-refractivity contribution in [3.05, 3.63) is 0 Å². The molecule has 10 heavy (non-hydrogen) atoms. The highest BCUT2D eigenvalue weighted by atomic mass is 35.5. The Bertz CT molecular complexity index is 81.3. The predicted octanol–water partition coefficient (Wildman–Crippen LogP) is -0.00260. The number of hydrogen-bond acceptors (Lipinski definition) is 3. The lowest BCUT2D eigenvalue weighted by Gasteiger charge is -2.07. The van der Waals surface area contributed by atoms with E-state index in [0.29, 0.717) is 6.04 Å². The molecule has 0 aromatic heterocycles. The van der Waals surface area contributed by atoms with Crippen LogP contribution in [0.3, 0.4) is 0 Å². The fourth-order valence-electron chi connectivity index (χ4n) is 1.07. The molecule has 0 spiro atoms. The van der Waals surface area contributed by atoms with Crippen LogP contribution in [0.5, 0.6) is 0 Å². The number of halogens is 2. The van der Waals surface area contributed by atoms with Crippen molar-refractivity contribution in [1.29, 1.82) is 0 Å². The molecule has 0 aliphatic carbocycles. The maximum atomic E-state index is 5.22. The molecule has 1 rings (SSSR count). The monoisotopic (exact) mass is 187 g/mol. The van der Waals surface area contributed by atoms with Crippen LogP contribution in [0.2, 0.25) is 0 Å². The summed E-state index contributed by atoms with van der Waals surface area (Å²) < 4.78 is 0. The molecule has 0 aromatic carbocycles. The molecule has 5 heteroatoms. The van der Waals surface area contributed by atoms with Gasteiger partial charge in [-0.1, -0.05) is 0 Å². The third-order valence-electron chi connectivity index (χ3n) is 1.63. The van der Waals surface area contributed by atoms with Gasteiger partial charge in [-0.3, -0.25) is 11.3 Å².